The molecule has 1 aromatic heterocycles. The monoisotopic (exact) mass is 173 g/mol. The molecule has 1 aromatic rings. The van der Waals surface area contributed by atoms with Crippen LogP contribution in [0.2, 0.25) is 0 Å². The second-order valence-electron chi connectivity index (χ2n) is 1.84. The molecule has 0 radical (unpaired) electrons. The largest absolute Gasteiger partial charge is 0.464 e. The van der Waals surface area contributed by atoms with Gasteiger partial charge in [0.05, 0.1) is 12.4 Å². The van der Waals surface area contributed by atoms with E-state index in [1.54, 1.807) is 5.43 Å². The van der Waals surface area contributed by atoms with E-state index in [9.17, 15) is 14.0 Å². The first-order valence-electron chi connectivity index (χ1n) is 2.84. The maximum absolute atomic E-state index is 12.3. The fourth-order valence-electron chi connectivity index (χ4n) is 0.574. The summed E-state index contributed by atoms with van der Waals surface area (Å²) in [6, 6.07) is 0. The van der Waals surface area contributed by atoms with Gasteiger partial charge in [0.15, 0.2) is 5.82 Å². The topological polar surface area (TPSA) is 84.2 Å². The van der Waals surface area contributed by atoms with Crippen LogP contribution in [-0.2, 0) is 0 Å². The van der Waals surface area contributed by atoms with Gasteiger partial charge in [-0.3, -0.25) is 0 Å². The summed E-state index contributed by atoms with van der Waals surface area (Å²) in [5.41, 5.74) is 0.742. The number of aromatic nitrogens is 2. The summed E-state index contributed by atoms with van der Waals surface area (Å²) in [6.45, 7) is 0. The molecule has 1 rings (SSSR count). The minimum atomic E-state index is -1.47. The number of hydrogen-bond acceptors (Lipinski definition) is 3. The average Bonchev–Trinajstić information content (AvgIpc) is 1.96. The van der Waals surface area contributed by atoms with Gasteiger partial charge in [-0.1, -0.05) is 0 Å². The Kier molecular flexibility index (Phi) is 2.04. The van der Waals surface area contributed by atoms with Gasteiger partial charge >= 0.3 is 11.8 Å². The summed E-state index contributed by atoms with van der Waals surface area (Å²) < 4.78 is 12.8. The van der Waals surface area contributed by atoms with Crippen molar-refractivity contribution < 1.29 is 14.3 Å². The lowest BCUT2D eigenvalue weighted by atomic mass is 10.6. The molecule has 64 valence electrons. The minimum absolute atomic E-state index is 0.428. The van der Waals surface area contributed by atoms with Crippen LogP contribution < -0.4 is 11.1 Å². The van der Waals surface area contributed by atoms with Gasteiger partial charge in [-0.2, -0.15) is 4.98 Å². The summed E-state index contributed by atoms with van der Waals surface area (Å²) in [5, 5.41) is 8.16. The van der Waals surface area contributed by atoms with E-state index in [-0.39, 0.29) is 0 Å². The first-order chi connectivity index (χ1) is 5.59. The first kappa shape index (κ1) is 8.18. The minimum Gasteiger partial charge on any atom is -0.464 e. The van der Waals surface area contributed by atoms with E-state index >= 15 is 0 Å². The molecule has 0 aromatic carbocycles. The number of carbonyl (C=O) groups is 1. The predicted octanol–water partition coefficient (Wildman–Crippen LogP) is -0.396. The molecular weight excluding hydrogens is 169 g/mol. The number of hydrogen-bond donors (Lipinski definition) is 2. The Labute approximate surface area is 65.2 Å². The zero-order valence-corrected chi connectivity index (χ0v) is 5.69. The maximum Gasteiger partial charge on any atom is 0.424 e. The second kappa shape index (κ2) is 2.99. The highest BCUT2D eigenvalue weighted by Gasteiger charge is 2.00. The third-order valence-electron chi connectivity index (χ3n) is 0.973. The summed E-state index contributed by atoms with van der Waals surface area (Å²) in [5.74, 6) is -0.802. The second-order valence-corrected chi connectivity index (χ2v) is 1.84. The Morgan fingerprint density at radius 3 is 3.00 bits per heavy atom. The van der Waals surface area contributed by atoms with Crippen molar-refractivity contribution in [3.63, 3.8) is 0 Å². The predicted molar refractivity (Wildman–Crippen MR) is 35.8 cm³/mol. The quantitative estimate of drug-likeness (QED) is 0.605. The fourth-order valence-corrected chi connectivity index (χ4v) is 0.574. The Hall–Kier alpha value is -1.92. The molecule has 6 nitrogen and oxygen atoms in total. The van der Waals surface area contributed by atoms with Crippen LogP contribution in [0.25, 0.3) is 0 Å². The van der Waals surface area contributed by atoms with E-state index in [0.29, 0.717) is 17.1 Å². The van der Waals surface area contributed by atoms with Crippen molar-refractivity contribution in [2.45, 2.75) is 0 Å². The molecule has 0 saturated heterocycles. The van der Waals surface area contributed by atoms with Crippen LogP contribution in [0.15, 0.2) is 17.2 Å². The van der Waals surface area contributed by atoms with Gasteiger partial charge in [-0.15, -0.1) is 0 Å². The van der Waals surface area contributed by atoms with Crippen molar-refractivity contribution in [1.29, 1.82) is 0 Å². The summed E-state index contributed by atoms with van der Waals surface area (Å²) in [4.78, 5) is 23.7. The van der Waals surface area contributed by atoms with Crippen molar-refractivity contribution in [2.75, 3.05) is 5.43 Å². The Morgan fingerprint density at radius 1 is 1.75 bits per heavy atom. The van der Waals surface area contributed by atoms with Crippen molar-refractivity contribution in [3.8, 4) is 0 Å². The van der Waals surface area contributed by atoms with Crippen LogP contribution in [0, 0.1) is 5.82 Å². The average molecular weight is 173 g/mol. The molecule has 0 aliphatic rings. The molecule has 0 fully saturated rings. The van der Waals surface area contributed by atoms with Gasteiger partial charge in [-0.05, 0) is 0 Å². The Bertz CT molecular complexity index is 361. The van der Waals surface area contributed by atoms with Gasteiger partial charge in [0.1, 0.15) is 0 Å². The molecule has 1 amide bonds. The lowest BCUT2D eigenvalue weighted by molar-refractivity contribution is 0.206. The number of halogens is 1. The summed E-state index contributed by atoms with van der Waals surface area (Å²) in [6.07, 6.45) is -0.0873. The van der Waals surface area contributed by atoms with Crippen LogP contribution in [0.1, 0.15) is 0 Å². The van der Waals surface area contributed by atoms with Crippen LogP contribution in [0.5, 0.6) is 0 Å². The van der Waals surface area contributed by atoms with Gasteiger partial charge < -0.3 is 5.11 Å². The molecule has 0 atom stereocenters. The molecule has 1 heterocycles. The highest BCUT2D eigenvalue weighted by Crippen LogP contribution is 1.86. The van der Waals surface area contributed by atoms with Crippen molar-refractivity contribution in [1.82, 2.24) is 9.66 Å². The van der Waals surface area contributed by atoms with Crippen LogP contribution >= 0.6 is 0 Å². The highest BCUT2D eigenvalue weighted by atomic mass is 19.1. The lowest BCUT2D eigenvalue weighted by Crippen LogP contribution is -2.33. The highest BCUT2D eigenvalue weighted by molar-refractivity contribution is 5.73. The standard InChI is InChI=1S/C5H4FN3O3/c6-3-1-7-4(10)9(2-3)8-5(11)12/h1-2,8H,(H,11,12). The van der Waals surface area contributed by atoms with Gasteiger partial charge in [0.25, 0.3) is 0 Å². The zero-order chi connectivity index (χ0) is 9.14. The summed E-state index contributed by atoms with van der Waals surface area (Å²) in [7, 11) is 0. The Morgan fingerprint density at radius 2 is 2.42 bits per heavy atom. The van der Waals surface area contributed by atoms with Crippen LogP contribution in [-0.4, -0.2) is 20.9 Å². The van der Waals surface area contributed by atoms with E-state index in [2.05, 4.69) is 4.98 Å². The normalized spacial score (nSPS) is 9.42. The maximum atomic E-state index is 12.3. The van der Waals surface area contributed by atoms with E-state index in [0.717, 1.165) is 0 Å². The molecule has 0 saturated carbocycles. The SMILES string of the molecule is O=C(O)Nn1cc(F)cnc1=O. The van der Waals surface area contributed by atoms with E-state index in [4.69, 9.17) is 5.11 Å². The van der Waals surface area contributed by atoms with E-state index < -0.39 is 17.6 Å². The molecule has 0 aliphatic carbocycles. The molecule has 0 spiro atoms. The molecule has 0 aliphatic heterocycles. The van der Waals surface area contributed by atoms with Gasteiger partial charge in [0.2, 0.25) is 0 Å². The molecule has 0 unspecified atom stereocenters. The molecule has 12 heavy (non-hydrogen) atoms. The van der Waals surface area contributed by atoms with E-state index in [1.165, 1.54) is 0 Å². The van der Waals surface area contributed by atoms with Crippen LogP contribution in [0.3, 0.4) is 0 Å². The number of rotatable bonds is 1. The van der Waals surface area contributed by atoms with E-state index in [1.807, 2.05) is 0 Å². The van der Waals surface area contributed by atoms with Crippen molar-refractivity contribution >= 4 is 6.09 Å². The third kappa shape index (κ3) is 1.78. The molecule has 0 bridgehead atoms. The first-order valence-corrected chi connectivity index (χ1v) is 2.84. The smallest absolute Gasteiger partial charge is 0.424 e. The summed E-state index contributed by atoms with van der Waals surface area (Å²) >= 11 is 0. The van der Waals surface area contributed by atoms with Gasteiger partial charge in [-0.25, -0.2) is 24.1 Å². The number of nitrogens with zero attached hydrogens (tertiary/aromatic N) is 2. The molecular formula is C5H4FN3O3. The fraction of sp³-hybridized carbons (Fsp3) is 0. The number of amides is 1. The van der Waals surface area contributed by atoms with Crippen molar-refractivity contribution in [2.24, 2.45) is 0 Å². The molecule has 7 heteroatoms. The number of nitrogens with one attached hydrogen (secondary N) is 1. The third-order valence-corrected chi connectivity index (χ3v) is 0.973. The van der Waals surface area contributed by atoms with Gasteiger partial charge in [0, 0.05) is 0 Å². The van der Waals surface area contributed by atoms with Crippen LogP contribution in [0.4, 0.5) is 9.18 Å². The van der Waals surface area contributed by atoms with Crippen molar-refractivity contribution in [3.05, 3.63) is 28.7 Å². The molecule has 2 N–H and O–H groups in total. The Balaban J connectivity index is 3.06. The number of carboxylic acid groups (broad SMARTS) is 1. The lowest BCUT2D eigenvalue weighted by Gasteiger charge is -2.01. The zero-order valence-electron chi connectivity index (χ0n) is 5.69.